The molecule has 0 saturated carbocycles. The van der Waals surface area contributed by atoms with E-state index in [4.69, 9.17) is 15.6 Å². The smallest absolute Gasteiger partial charge is 0.307 e. The first kappa shape index (κ1) is 24.9. The molecule has 0 spiro atoms. The molecule has 0 unspecified atom stereocenters. The zero-order valence-electron chi connectivity index (χ0n) is 18.6. The van der Waals surface area contributed by atoms with Crippen molar-refractivity contribution in [3.8, 4) is 17.6 Å². The lowest BCUT2D eigenvalue weighted by molar-refractivity contribution is -0.136. The van der Waals surface area contributed by atoms with Crippen molar-refractivity contribution in [1.29, 1.82) is 0 Å². The zero-order valence-corrected chi connectivity index (χ0v) is 18.6. The number of carbonyl (C=O) groups excluding carboxylic acids is 1. The number of ether oxygens (including phenoxy) is 1. The van der Waals surface area contributed by atoms with E-state index in [0.717, 1.165) is 28.9 Å². The molecular formula is C25H31N3O4. The Bertz CT molecular complexity index is 948. The fourth-order valence-corrected chi connectivity index (χ4v) is 3.24. The van der Waals surface area contributed by atoms with E-state index in [1.807, 2.05) is 56.4 Å². The molecular weight excluding hydrogens is 406 g/mol. The van der Waals surface area contributed by atoms with Crippen LogP contribution < -0.4 is 15.8 Å². The van der Waals surface area contributed by atoms with Gasteiger partial charge in [0.05, 0.1) is 19.5 Å². The Balaban J connectivity index is 1.95. The van der Waals surface area contributed by atoms with Gasteiger partial charge in [-0.1, -0.05) is 42.3 Å². The van der Waals surface area contributed by atoms with Crippen molar-refractivity contribution in [2.45, 2.75) is 32.4 Å². The van der Waals surface area contributed by atoms with E-state index in [0.29, 0.717) is 19.7 Å². The number of primary amides is 1. The number of aliphatic carboxylic acids is 1. The summed E-state index contributed by atoms with van der Waals surface area (Å²) in [6.07, 6.45) is 0.779. The third-order valence-corrected chi connectivity index (χ3v) is 4.95. The van der Waals surface area contributed by atoms with Crippen molar-refractivity contribution in [2.75, 3.05) is 26.7 Å². The van der Waals surface area contributed by atoms with Crippen molar-refractivity contribution in [1.82, 2.24) is 10.2 Å². The fourth-order valence-electron chi connectivity index (χ4n) is 3.24. The van der Waals surface area contributed by atoms with Gasteiger partial charge in [0, 0.05) is 12.6 Å². The van der Waals surface area contributed by atoms with Crippen LogP contribution in [0.1, 0.15) is 23.6 Å². The van der Waals surface area contributed by atoms with E-state index in [2.05, 4.69) is 22.1 Å². The Morgan fingerprint density at radius 1 is 1.16 bits per heavy atom. The van der Waals surface area contributed by atoms with E-state index < -0.39 is 5.97 Å². The summed E-state index contributed by atoms with van der Waals surface area (Å²) in [6, 6.07) is 15.5. The lowest BCUT2D eigenvalue weighted by Gasteiger charge is -2.27. The number of nitrogens with one attached hydrogen (secondary N) is 1. The van der Waals surface area contributed by atoms with Gasteiger partial charge in [-0.05, 0) is 49.2 Å². The van der Waals surface area contributed by atoms with Crippen LogP contribution in [0.15, 0.2) is 48.5 Å². The summed E-state index contributed by atoms with van der Waals surface area (Å²) in [5, 5.41) is 12.0. The van der Waals surface area contributed by atoms with Crippen LogP contribution in [-0.2, 0) is 29.0 Å². The lowest BCUT2D eigenvalue weighted by atomic mass is 10.0. The highest BCUT2D eigenvalue weighted by Gasteiger charge is 2.15. The summed E-state index contributed by atoms with van der Waals surface area (Å²) in [6.45, 7) is 3.59. The Morgan fingerprint density at radius 2 is 1.88 bits per heavy atom. The normalized spacial score (nSPS) is 11.5. The van der Waals surface area contributed by atoms with E-state index in [1.165, 1.54) is 0 Å². The summed E-state index contributed by atoms with van der Waals surface area (Å²) in [5.41, 5.74) is 8.04. The minimum Gasteiger partial charge on any atom is -0.489 e. The van der Waals surface area contributed by atoms with E-state index in [-0.39, 0.29) is 24.9 Å². The molecule has 0 aromatic heterocycles. The van der Waals surface area contributed by atoms with Crippen molar-refractivity contribution in [3.05, 3.63) is 65.2 Å². The minimum atomic E-state index is -0.853. The highest BCUT2D eigenvalue weighted by molar-refractivity contribution is 5.75. The first-order chi connectivity index (χ1) is 15.4. The number of nitrogens with two attached hydrogens (primary N) is 1. The maximum Gasteiger partial charge on any atom is 0.307 e. The van der Waals surface area contributed by atoms with E-state index in [9.17, 15) is 9.59 Å². The van der Waals surface area contributed by atoms with E-state index in [1.54, 1.807) is 6.07 Å². The molecule has 32 heavy (non-hydrogen) atoms. The fraction of sp³-hybridized carbons (Fsp3) is 0.360. The third kappa shape index (κ3) is 9.21. The van der Waals surface area contributed by atoms with Crippen molar-refractivity contribution < 1.29 is 19.4 Å². The quantitative estimate of drug-likeness (QED) is 0.413. The van der Waals surface area contributed by atoms with Gasteiger partial charge in [0.2, 0.25) is 5.91 Å². The number of likely N-dealkylation sites (N-methyl/N-ethyl adjacent to an activating group) is 1. The summed E-state index contributed by atoms with van der Waals surface area (Å²) in [4.78, 5) is 24.1. The van der Waals surface area contributed by atoms with Crippen LogP contribution in [0.5, 0.6) is 5.75 Å². The zero-order chi connectivity index (χ0) is 23.3. The molecule has 2 rings (SSSR count). The Labute approximate surface area is 189 Å². The number of rotatable bonds is 13. The standard InChI is InChI=1S/C25H31N3O4/c1-3-4-12-28(2)22(16-27-17-24(26)29)14-19-8-10-23(11-9-19)32-18-21-7-5-6-20(13-21)15-25(30)31/h5-11,13,22,27H,12,14-18H2,1-2H3,(H2,26,29)(H,30,31)/t22-/m0/s1. The molecule has 1 amide bonds. The van der Waals surface area contributed by atoms with Gasteiger partial charge in [0.15, 0.2) is 0 Å². The minimum absolute atomic E-state index is 0.00368. The second kappa shape index (κ2) is 13.2. The summed E-state index contributed by atoms with van der Waals surface area (Å²) >= 11 is 0. The highest BCUT2D eigenvalue weighted by atomic mass is 16.5. The molecule has 0 aliphatic rings. The number of amides is 1. The first-order valence-corrected chi connectivity index (χ1v) is 10.5. The molecule has 0 radical (unpaired) electrons. The van der Waals surface area contributed by atoms with Crippen molar-refractivity contribution in [2.24, 2.45) is 5.73 Å². The summed E-state index contributed by atoms with van der Waals surface area (Å²) in [7, 11) is 2.01. The number of hydrogen-bond donors (Lipinski definition) is 3. The molecule has 0 saturated heterocycles. The van der Waals surface area contributed by atoms with Gasteiger partial charge >= 0.3 is 5.97 Å². The third-order valence-electron chi connectivity index (χ3n) is 4.95. The SMILES string of the molecule is CC#CCN(C)[C@H](CNCC(N)=O)Cc1ccc(OCc2cccc(CC(=O)O)c2)cc1. The largest absolute Gasteiger partial charge is 0.489 e. The van der Waals surface area contributed by atoms with Crippen molar-refractivity contribution >= 4 is 11.9 Å². The average molecular weight is 438 g/mol. The average Bonchev–Trinajstić information content (AvgIpc) is 2.76. The van der Waals surface area contributed by atoms with Gasteiger partial charge in [-0.15, -0.1) is 5.92 Å². The molecule has 0 aliphatic carbocycles. The number of carboxylic acid groups (broad SMARTS) is 1. The molecule has 2 aromatic carbocycles. The van der Waals surface area contributed by atoms with Gasteiger partial charge in [0.1, 0.15) is 12.4 Å². The Morgan fingerprint density at radius 3 is 2.53 bits per heavy atom. The Kier molecular flexibility index (Phi) is 10.2. The maximum absolute atomic E-state index is 11.0. The number of carboxylic acids is 1. The first-order valence-electron chi connectivity index (χ1n) is 10.5. The monoisotopic (exact) mass is 437 g/mol. The molecule has 1 atom stereocenters. The van der Waals surface area contributed by atoms with E-state index >= 15 is 0 Å². The van der Waals surface area contributed by atoms with Crippen LogP contribution in [0.25, 0.3) is 0 Å². The molecule has 7 heteroatoms. The van der Waals surface area contributed by atoms with Gasteiger partial charge in [0.25, 0.3) is 0 Å². The summed E-state index contributed by atoms with van der Waals surface area (Å²) < 4.78 is 5.86. The van der Waals surface area contributed by atoms with Gasteiger partial charge < -0.3 is 20.9 Å². The van der Waals surface area contributed by atoms with Gasteiger partial charge in [-0.3, -0.25) is 14.5 Å². The second-order valence-corrected chi connectivity index (χ2v) is 7.62. The molecule has 2 aromatic rings. The van der Waals surface area contributed by atoms with Crippen LogP contribution >= 0.6 is 0 Å². The second-order valence-electron chi connectivity index (χ2n) is 7.62. The maximum atomic E-state index is 11.0. The predicted molar refractivity (Wildman–Crippen MR) is 124 cm³/mol. The molecule has 4 N–H and O–H groups in total. The van der Waals surface area contributed by atoms with Crippen LogP contribution in [0.3, 0.4) is 0 Å². The van der Waals surface area contributed by atoms with Gasteiger partial charge in [-0.2, -0.15) is 0 Å². The number of hydrogen-bond acceptors (Lipinski definition) is 5. The molecule has 0 fully saturated rings. The number of benzene rings is 2. The molecule has 7 nitrogen and oxygen atoms in total. The van der Waals surface area contributed by atoms with Crippen LogP contribution in [-0.4, -0.2) is 54.6 Å². The predicted octanol–water partition coefficient (Wildman–Crippen LogP) is 1.83. The molecule has 0 bridgehead atoms. The summed E-state index contributed by atoms with van der Waals surface area (Å²) in [5.74, 6) is 5.49. The molecule has 170 valence electrons. The van der Waals surface area contributed by atoms with Crippen LogP contribution in [0.2, 0.25) is 0 Å². The topological polar surface area (TPSA) is 105 Å². The lowest BCUT2D eigenvalue weighted by Crippen LogP contribution is -2.43. The highest BCUT2D eigenvalue weighted by Crippen LogP contribution is 2.17. The van der Waals surface area contributed by atoms with Crippen molar-refractivity contribution in [3.63, 3.8) is 0 Å². The van der Waals surface area contributed by atoms with Crippen LogP contribution in [0.4, 0.5) is 0 Å². The Hall–Kier alpha value is -3.34. The number of nitrogens with zero attached hydrogens (tertiary/aromatic N) is 1. The number of carbonyl (C=O) groups is 2. The molecule has 0 heterocycles. The van der Waals surface area contributed by atoms with Gasteiger partial charge in [-0.25, -0.2) is 0 Å². The molecule has 0 aliphatic heterocycles. The van der Waals surface area contributed by atoms with Crippen LogP contribution in [0, 0.1) is 11.8 Å².